The predicted molar refractivity (Wildman–Crippen MR) is 65.1 cm³/mol. The van der Waals surface area contributed by atoms with Crippen molar-refractivity contribution < 1.29 is 8.81 Å². The fraction of sp³-hybridized carbons (Fsp3) is 0.0769. The normalized spacial score (nSPS) is 11.0. The third kappa shape index (κ3) is 1.65. The average molecular weight is 243 g/mol. The van der Waals surface area contributed by atoms with Gasteiger partial charge in [-0.25, -0.2) is 4.39 Å². The summed E-state index contributed by atoms with van der Waals surface area (Å²) in [7, 11) is 0. The molecule has 0 spiro atoms. The van der Waals surface area contributed by atoms with Gasteiger partial charge in [-0.2, -0.15) is 0 Å². The van der Waals surface area contributed by atoms with Crippen LogP contribution in [0.2, 0.25) is 0 Å². The predicted octanol–water partition coefficient (Wildman–Crippen LogP) is 2.49. The highest BCUT2D eigenvalue weighted by atomic mass is 19.1. The van der Waals surface area contributed by atoms with Gasteiger partial charge in [-0.15, -0.1) is 10.2 Å². The topological polar surface area (TPSA) is 64.9 Å². The molecule has 5 heteroatoms. The minimum absolute atomic E-state index is 0.187. The first-order valence-corrected chi connectivity index (χ1v) is 5.49. The molecule has 2 aromatic carbocycles. The van der Waals surface area contributed by atoms with Crippen LogP contribution in [0.3, 0.4) is 0 Å². The number of nitrogens with zero attached hydrogens (tertiary/aromatic N) is 2. The lowest BCUT2D eigenvalue weighted by Crippen LogP contribution is -1.95. The monoisotopic (exact) mass is 243 g/mol. The summed E-state index contributed by atoms with van der Waals surface area (Å²) in [5.74, 6) is 0.443. The second-order valence-corrected chi connectivity index (χ2v) is 3.85. The number of nitrogens with two attached hydrogens (primary N) is 1. The number of fused-ring (bicyclic) bond motifs is 1. The van der Waals surface area contributed by atoms with E-state index in [4.69, 9.17) is 10.2 Å². The van der Waals surface area contributed by atoms with Crippen molar-refractivity contribution in [3.8, 4) is 11.5 Å². The molecule has 1 heterocycles. The van der Waals surface area contributed by atoms with Gasteiger partial charge in [0, 0.05) is 10.9 Å². The van der Waals surface area contributed by atoms with E-state index in [-0.39, 0.29) is 12.4 Å². The molecule has 18 heavy (non-hydrogen) atoms. The van der Waals surface area contributed by atoms with Crippen molar-refractivity contribution in [2.75, 3.05) is 0 Å². The Morgan fingerprint density at radius 3 is 2.56 bits per heavy atom. The van der Waals surface area contributed by atoms with Gasteiger partial charge in [0.05, 0.1) is 6.54 Å². The van der Waals surface area contributed by atoms with Gasteiger partial charge in [0.2, 0.25) is 11.8 Å². The number of hydrogen-bond donors (Lipinski definition) is 1. The summed E-state index contributed by atoms with van der Waals surface area (Å²) in [6.45, 7) is 0.187. The molecule has 0 aliphatic heterocycles. The van der Waals surface area contributed by atoms with E-state index in [1.165, 1.54) is 6.07 Å². The van der Waals surface area contributed by atoms with Crippen LogP contribution in [0.25, 0.3) is 22.2 Å². The fourth-order valence-electron chi connectivity index (χ4n) is 1.89. The first kappa shape index (κ1) is 10.9. The van der Waals surface area contributed by atoms with Crippen LogP contribution in [0.5, 0.6) is 0 Å². The number of hydrogen-bond acceptors (Lipinski definition) is 4. The fourth-order valence-corrected chi connectivity index (χ4v) is 1.89. The molecule has 90 valence electrons. The van der Waals surface area contributed by atoms with Crippen LogP contribution >= 0.6 is 0 Å². The van der Waals surface area contributed by atoms with Gasteiger partial charge in [-0.1, -0.05) is 24.3 Å². The second kappa shape index (κ2) is 4.19. The van der Waals surface area contributed by atoms with Crippen molar-refractivity contribution in [3.05, 3.63) is 48.1 Å². The van der Waals surface area contributed by atoms with Gasteiger partial charge in [0.1, 0.15) is 5.82 Å². The molecule has 2 N–H and O–H groups in total. The largest absolute Gasteiger partial charge is 0.419 e. The third-order valence-corrected chi connectivity index (χ3v) is 2.74. The summed E-state index contributed by atoms with van der Waals surface area (Å²) < 4.78 is 19.1. The Morgan fingerprint density at radius 2 is 1.83 bits per heavy atom. The molecule has 0 amide bonds. The molecule has 0 atom stereocenters. The first-order chi connectivity index (χ1) is 8.79. The Labute approximate surface area is 102 Å². The number of rotatable bonds is 2. The summed E-state index contributed by atoms with van der Waals surface area (Å²) in [6.07, 6.45) is 0. The summed E-state index contributed by atoms with van der Waals surface area (Å²) in [4.78, 5) is 0. The molecule has 0 fully saturated rings. The first-order valence-electron chi connectivity index (χ1n) is 5.49. The van der Waals surface area contributed by atoms with Crippen LogP contribution in [0.1, 0.15) is 5.89 Å². The molecular weight excluding hydrogens is 233 g/mol. The van der Waals surface area contributed by atoms with E-state index in [0.29, 0.717) is 22.7 Å². The Balaban J connectivity index is 2.26. The molecule has 0 radical (unpaired) electrons. The molecule has 3 rings (SSSR count). The van der Waals surface area contributed by atoms with Gasteiger partial charge in [-0.3, -0.25) is 0 Å². The summed E-state index contributed by atoms with van der Waals surface area (Å²) in [5.41, 5.74) is 6.13. The summed E-state index contributed by atoms with van der Waals surface area (Å²) >= 11 is 0. The molecule has 0 saturated heterocycles. The summed E-state index contributed by atoms with van der Waals surface area (Å²) in [6, 6.07) is 10.2. The molecule has 4 nitrogen and oxygen atoms in total. The summed E-state index contributed by atoms with van der Waals surface area (Å²) in [5, 5.41) is 8.99. The third-order valence-electron chi connectivity index (χ3n) is 2.74. The Bertz CT molecular complexity index is 708. The Morgan fingerprint density at radius 1 is 1.06 bits per heavy atom. The van der Waals surface area contributed by atoms with Crippen molar-refractivity contribution in [3.63, 3.8) is 0 Å². The van der Waals surface area contributed by atoms with Crippen LogP contribution in [0, 0.1) is 5.82 Å². The zero-order valence-corrected chi connectivity index (χ0v) is 9.43. The zero-order valence-electron chi connectivity index (χ0n) is 9.43. The van der Waals surface area contributed by atoms with Crippen molar-refractivity contribution in [1.82, 2.24) is 10.2 Å². The highest BCUT2D eigenvalue weighted by Gasteiger charge is 2.12. The van der Waals surface area contributed by atoms with E-state index in [1.54, 1.807) is 18.2 Å². The SMILES string of the molecule is NCc1nnc(-c2ccc(F)c3ccccc23)o1. The van der Waals surface area contributed by atoms with Crippen molar-refractivity contribution in [1.29, 1.82) is 0 Å². The number of aromatic nitrogens is 2. The molecular formula is C13H10FN3O. The lowest BCUT2D eigenvalue weighted by molar-refractivity contribution is 0.509. The number of halogens is 1. The Hall–Kier alpha value is -2.27. The van der Waals surface area contributed by atoms with Crippen LogP contribution in [-0.2, 0) is 6.54 Å². The standard InChI is InChI=1S/C13H10FN3O/c14-11-6-5-10(8-3-1-2-4-9(8)11)13-17-16-12(7-15)18-13/h1-6H,7,15H2. The Kier molecular flexibility index (Phi) is 2.53. The van der Waals surface area contributed by atoms with Crippen LogP contribution in [0.4, 0.5) is 4.39 Å². The molecule has 1 aromatic heterocycles. The molecule has 0 bridgehead atoms. The van der Waals surface area contributed by atoms with Crippen molar-refractivity contribution in [2.45, 2.75) is 6.54 Å². The van der Waals surface area contributed by atoms with E-state index < -0.39 is 0 Å². The maximum absolute atomic E-state index is 13.7. The molecule has 0 saturated carbocycles. The minimum atomic E-state index is -0.270. The van der Waals surface area contributed by atoms with Crippen LogP contribution in [-0.4, -0.2) is 10.2 Å². The van der Waals surface area contributed by atoms with Crippen molar-refractivity contribution >= 4 is 10.8 Å². The van der Waals surface area contributed by atoms with Gasteiger partial charge in [0.25, 0.3) is 0 Å². The smallest absolute Gasteiger partial charge is 0.248 e. The van der Waals surface area contributed by atoms with Gasteiger partial charge >= 0.3 is 0 Å². The highest BCUT2D eigenvalue weighted by molar-refractivity contribution is 5.95. The zero-order chi connectivity index (χ0) is 12.5. The lowest BCUT2D eigenvalue weighted by atomic mass is 10.0. The molecule has 0 unspecified atom stereocenters. The molecule has 0 aliphatic rings. The molecule has 3 aromatic rings. The quantitative estimate of drug-likeness (QED) is 0.751. The van der Waals surface area contributed by atoms with Gasteiger partial charge in [-0.05, 0) is 17.5 Å². The second-order valence-electron chi connectivity index (χ2n) is 3.85. The number of benzene rings is 2. The van der Waals surface area contributed by atoms with Crippen LogP contribution < -0.4 is 5.73 Å². The van der Waals surface area contributed by atoms with E-state index in [1.807, 2.05) is 12.1 Å². The van der Waals surface area contributed by atoms with Crippen LogP contribution in [0.15, 0.2) is 40.8 Å². The van der Waals surface area contributed by atoms with E-state index in [9.17, 15) is 4.39 Å². The maximum atomic E-state index is 13.7. The highest BCUT2D eigenvalue weighted by Crippen LogP contribution is 2.29. The van der Waals surface area contributed by atoms with Crippen molar-refractivity contribution in [2.24, 2.45) is 5.73 Å². The van der Waals surface area contributed by atoms with Gasteiger partial charge in [0.15, 0.2) is 0 Å². The van der Waals surface area contributed by atoms with E-state index in [2.05, 4.69) is 10.2 Å². The minimum Gasteiger partial charge on any atom is -0.419 e. The van der Waals surface area contributed by atoms with E-state index >= 15 is 0 Å². The van der Waals surface area contributed by atoms with E-state index in [0.717, 1.165) is 5.39 Å². The maximum Gasteiger partial charge on any atom is 0.248 e. The van der Waals surface area contributed by atoms with Gasteiger partial charge < -0.3 is 10.2 Å². The molecule has 0 aliphatic carbocycles. The lowest BCUT2D eigenvalue weighted by Gasteiger charge is -2.03. The average Bonchev–Trinajstić information content (AvgIpc) is 2.88.